The van der Waals surface area contributed by atoms with Crippen LogP contribution in [-0.2, 0) is 0 Å². The van der Waals surface area contributed by atoms with E-state index in [0.717, 1.165) is 11.3 Å². The lowest BCUT2D eigenvalue weighted by Gasteiger charge is -2.12. The van der Waals surface area contributed by atoms with Gasteiger partial charge in [-0.05, 0) is 6.07 Å². The highest BCUT2D eigenvalue weighted by Crippen LogP contribution is 2.22. The molecule has 3 N–H and O–H groups in total. The smallest absolute Gasteiger partial charge is 0.123 e. The summed E-state index contributed by atoms with van der Waals surface area (Å²) < 4.78 is 5.08. The zero-order valence-electron chi connectivity index (χ0n) is 7.03. The highest BCUT2D eigenvalue weighted by molar-refractivity contribution is 5.35. The first-order valence-corrected chi connectivity index (χ1v) is 3.79. The van der Waals surface area contributed by atoms with Gasteiger partial charge in [-0.2, -0.15) is 0 Å². The Morgan fingerprint density at radius 2 is 2.17 bits per heavy atom. The largest absolute Gasteiger partial charge is 0.496 e. The van der Waals surface area contributed by atoms with Crippen LogP contribution in [0, 0.1) is 0 Å². The summed E-state index contributed by atoms with van der Waals surface area (Å²) in [6, 6.07) is 7.05. The van der Waals surface area contributed by atoms with Crippen molar-refractivity contribution in [2.45, 2.75) is 6.04 Å². The molecule has 1 unspecified atom stereocenters. The van der Waals surface area contributed by atoms with Crippen molar-refractivity contribution in [3.8, 4) is 5.75 Å². The van der Waals surface area contributed by atoms with E-state index in [-0.39, 0.29) is 12.6 Å². The lowest BCUT2D eigenvalue weighted by molar-refractivity contribution is 0.264. The van der Waals surface area contributed by atoms with Crippen LogP contribution in [0.1, 0.15) is 11.6 Å². The molecule has 1 rings (SSSR count). The minimum atomic E-state index is -0.360. The number of aliphatic hydroxyl groups excluding tert-OH is 1. The van der Waals surface area contributed by atoms with E-state index in [2.05, 4.69) is 0 Å². The summed E-state index contributed by atoms with van der Waals surface area (Å²) in [5.41, 5.74) is 6.48. The number of para-hydroxylation sites is 1. The lowest BCUT2D eigenvalue weighted by Crippen LogP contribution is -2.15. The zero-order valence-corrected chi connectivity index (χ0v) is 7.03. The summed E-state index contributed by atoms with van der Waals surface area (Å²) >= 11 is 0. The van der Waals surface area contributed by atoms with Crippen molar-refractivity contribution in [3.63, 3.8) is 0 Å². The van der Waals surface area contributed by atoms with E-state index < -0.39 is 0 Å². The Morgan fingerprint density at radius 3 is 2.75 bits per heavy atom. The Hall–Kier alpha value is -1.06. The highest BCUT2D eigenvalue weighted by Gasteiger charge is 2.08. The average Bonchev–Trinajstić information content (AvgIpc) is 2.16. The number of hydrogen-bond acceptors (Lipinski definition) is 3. The van der Waals surface area contributed by atoms with E-state index in [1.807, 2.05) is 24.3 Å². The molecular formula is C9H13NO2. The third-order valence-corrected chi connectivity index (χ3v) is 1.74. The molecule has 0 saturated heterocycles. The zero-order chi connectivity index (χ0) is 8.97. The fourth-order valence-corrected chi connectivity index (χ4v) is 1.07. The van der Waals surface area contributed by atoms with Crippen LogP contribution in [0.25, 0.3) is 0 Å². The van der Waals surface area contributed by atoms with Crippen molar-refractivity contribution in [1.82, 2.24) is 0 Å². The van der Waals surface area contributed by atoms with Gasteiger partial charge in [0.05, 0.1) is 19.8 Å². The van der Waals surface area contributed by atoms with Crippen LogP contribution < -0.4 is 10.5 Å². The van der Waals surface area contributed by atoms with Crippen molar-refractivity contribution in [3.05, 3.63) is 29.8 Å². The quantitative estimate of drug-likeness (QED) is 0.696. The van der Waals surface area contributed by atoms with Crippen molar-refractivity contribution in [1.29, 1.82) is 0 Å². The maximum absolute atomic E-state index is 8.83. The number of benzene rings is 1. The molecule has 0 bridgehead atoms. The minimum Gasteiger partial charge on any atom is -0.496 e. The van der Waals surface area contributed by atoms with E-state index in [9.17, 15) is 0 Å². The van der Waals surface area contributed by atoms with Gasteiger partial charge in [-0.25, -0.2) is 0 Å². The molecule has 0 saturated carbocycles. The summed E-state index contributed by atoms with van der Waals surface area (Å²) in [4.78, 5) is 0. The number of ether oxygens (including phenoxy) is 1. The molecule has 0 aliphatic heterocycles. The Labute approximate surface area is 71.8 Å². The van der Waals surface area contributed by atoms with Crippen LogP contribution >= 0.6 is 0 Å². The molecular weight excluding hydrogens is 154 g/mol. The van der Waals surface area contributed by atoms with Crippen molar-refractivity contribution in [2.75, 3.05) is 13.7 Å². The predicted molar refractivity (Wildman–Crippen MR) is 47.0 cm³/mol. The molecule has 1 aromatic rings. The maximum atomic E-state index is 8.83. The van der Waals surface area contributed by atoms with E-state index in [1.54, 1.807) is 7.11 Å². The van der Waals surface area contributed by atoms with Gasteiger partial charge in [-0.3, -0.25) is 0 Å². The lowest BCUT2D eigenvalue weighted by atomic mass is 10.1. The summed E-state index contributed by atoms with van der Waals surface area (Å²) in [5.74, 6) is 0.721. The third-order valence-electron chi connectivity index (χ3n) is 1.74. The van der Waals surface area contributed by atoms with Crippen molar-refractivity contribution in [2.24, 2.45) is 5.73 Å². The second kappa shape index (κ2) is 4.09. The second-order valence-corrected chi connectivity index (χ2v) is 2.53. The first-order valence-electron chi connectivity index (χ1n) is 3.79. The number of nitrogens with two attached hydrogens (primary N) is 1. The predicted octanol–water partition coefficient (Wildman–Crippen LogP) is 0.687. The summed E-state index contributed by atoms with van der Waals surface area (Å²) in [5, 5.41) is 8.83. The third kappa shape index (κ3) is 1.75. The molecule has 0 aliphatic rings. The molecule has 12 heavy (non-hydrogen) atoms. The standard InChI is InChI=1S/C9H13NO2/c1-12-9-5-3-2-4-7(9)8(10)6-11/h2-5,8,11H,6,10H2,1H3. The van der Waals surface area contributed by atoms with Gasteiger partial charge in [0.2, 0.25) is 0 Å². The molecule has 0 spiro atoms. The topological polar surface area (TPSA) is 55.5 Å². The van der Waals surface area contributed by atoms with Crippen LogP contribution in [0.5, 0.6) is 5.75 Å². The van der Waals surface area contributed by atoms with Gasteiger partial charge >= 0.3 is 0 Å². The molecule has 0 aliphatic carbocycles. The fraction of sp³-hybridized carbons (Fsp3) is 0.333. The average molecular weight is 167 g/mol. The van der Waals surface area contributed by atoms with E-state index >= 15 is 0 Å². The van der Waals surface area contributed by atoms with Gasteiger partial charge in [-0.15, -0.1) is 0 Å². The molecule has 0 radical (unpaired) electrons. The summed E-state index contributed by atoms with van der Waals surface area (Å²) in [6.45, 7) is -0.0691. The maximum Gasteiger partial charge on any atom is 0.123 e. The Kier molecular flexibility index (Phi) is 3.08. The first-order chi connectivity index (χ1) is 5.79. The summed E-state index contributed by atoms with van der Waals surface area (Å²) in [7, 11) is 1.59. The Bertz CT molecular complexity index is 250. The first kappa shape index (κ1) is 9.03. The van der Waals surface area contributed by atoms with Gasteiger partial charge in [-0.1, -0.05) is 18.2 Å². The van der Waals surface area contributed by atoms with Crippen LogP contribution in [0.15, 0.2) is 24.3 Å². The number of hydrogen-bond donors (Lipinski definition) is 2. The van der Waals surface area contributed by atoms with Crippen LogP contribution in [-0.4, -0.2) is 18.8 Å². The Balaban J connectivity index is 2.96. The van der Waals surface area contributed by atoms with Crippen molar-refractivity contribution < 1.29 is 9.84 Å². The van der Waals surface area contributed by atoms with Crippen LogP contribution in [0.4, 0.5) is 0 Å². The SMILES string of the molecule is COc1ccccc1C(N)CO. The molecule has 1 aromatic carbocycles. The molecule has 0 aromatic heterocycles. The second-order valence-electron chi connectivity index (χ2n) is 2.53. The molecule has 0 heterocycles. The molecule has 0 fully saturated rings. The van der Waals surface area contributed by atoms with Crippen LogP contribution in [0.2, 0.25) is 0 Å². The monoisotopic (exact) mass is 167 g/mol. The molecule has 66 valence electrons. The molecule has 0 amide bonds. The van der Waals surface area contributed by atoms with Gasteiger partial charge in [0, 0.05) is 5.56 Å². The number of rotatable bonds is 3. The Morgan fingerprint density at radius 1 is 1.50 bits per heavy atom. The van der Waals surface area contributed by atoms with E-state index in [1.165, 1.54) is 0 Å². The van der Waals surface area contributed by atoms with Crippen molar-refractivity contribution >= 4 is 0 Å². The van der Waals surface area contributed by atoms with Gasteiger partial charge in [0.15, 0.2) is 0 Å². The molecule has 3 heteroatoms. The normalized spacial score (nSPS) is 12.6. The van der Waals surface area contributed by atoms with Gasteiger partial charge in [0.25, 0.3) is 0 Å². The number of methoxy groups -OCH3 is 1. The van der Waals surface area contributed by atoms with Gasteiger partial charge < -0.3 is 15.6 Å². The van der Waals surface area contributed by atoms with E-state index in [0.29, 0.717) is 0 Å². The minimum absolute atomic E-state index is 0.0691. The molecule has 1 atom stereocenters. The van der Waals surface area contributed by atoms with Crippen LogP contribution in [0.3, 0.4) is 0 Å². The highest BCUT2D eigenvalue weighted by atomic mass is 16.5. The van der Waals surface area contributed by atoms with E-state index in [4.69, 9.17) is 15.6 Å². The summed E-state index contributed by atoms with van der Waals surface area (Å²) in [6.07, 6.45) is 0. The number of aliphatic hydroxyl groups is 1. The molecule has 3 nitrogen and oxygen atoms in total. The van der Waals surface area contributed by atoms with Gasteiger partial charge in [0.1, 0.15) is 5.75 Å². The fourth-order valence-electron chi connectivity index (χ4n) is 1.07.